The van der Waals surface area contributed by atoms with Crippen LogP contribution in [0.15, 0.2) is 22.7 Å². The lowest BCUT2D eigenvalue weighted by molar-refractivity contribution is 0.0923. The summed E-state index contributed by atoms with van der Waals surface area (Å²) in [6.45, 7) is 0. The number of rotatable bonds is 3. The number of hydrogen-bond acceptors (Lipinski definition) is 2. The van der Waals surface area contributed by atoms with E-state index in [1.807, 2.05) is 0 Å². The third-order valence-corrected chi connectivity index (χ3v) is 4.74. The first-order chi connectivity index (χ1) is 8.94. The highest BCUT2D eigenvalue weighted by molar-refractivity contribution is 9.10. The topological polar surface area (TPSA) is 55.1 Å². The number of hydrogen-bond donors (Lipinski definition) is 2. The lowest BCUT2D eigenvalue weighted by Gasteiger charge is -2.29. The Morgan fingerprint density at radius 3 is 2.58 bits per heavy atom. The van der Waals surface area contributed by atoms with E-state index >= 15 is 0 Å². The predicted molar refractivity (Wildman–Crippen MR) is 84.6 cm³/mol. The van der Waals surface area contributed by atoms with Gasteiger partial charge in [0.2, 0.25) is 0 Å². The van der Waals surface area contributed by atoms with Gasteiger partial charge in [-0.2, -0.15) is 0 Å². The molecule has 1 aromatic rings. The van der Waals surface area contributed by atoms with Crippen molar-refractivity contribution in [3.05, 3.63) is 33.3 Å². The summed E-state index contributed by atoms with van der Waals surface area (Å²) >= 11 is 14.3. The molecular weight excluding hydrogens is 348 g/mol. The molecule has 3 N–H and O–H groups in total. The van der Waals surface area contributed by atoms with Crippen molar-refractivity contribution in [2.24, 2.45) is 5.73 Å². The Morgan fingerprint density at radius 1 is 1.42 bits per heavy atom. The lowest BCUT2D eigenvalue weighted by atomic mass is 9.97. The van der Waals surface area contributed by atoms with Gasteiger partial charge in [-0.3, -0.25) is 4.79 Å². The molecule has 1 aromatic carbocycles. The molecule has 102 valence electrons. The van der Waals surface area contributed by atoms with Gasteiger partial charge in [0.1, 0.15) is 0 Å². The summed E-state index contributed by atoms with van der Waals surface area (Å²) in [7, 11) is 0. The van der Waals surface area contributed by atoms with Crippen LogP contribution in [0.25, 0.3) is 0 Å². The van der Waals surface area contributed by atoms with Crippen molar-refractivity contribution < 1.29 is 4.79 Å². The molecule has 0 atom stereocenters. The molecule has 0 heterocycles. The Labute approximate surface area is 131 Å². The van der Waals surface area contributed by atoms with Crippen molar-refractivity contribution in [3.8, 4) is 0 Å². The number of carbonyl (C=O) groups is 1. The summed E-state index contributed by atoms with van der Waals surface area (Å²) in [5.74, 6) is -0.182. The van der Waals surface area contributed by atoms with Crippen molar-refractivity contribution in [2.45, 2.75) is 31.2 Å². The fourth-order valence-corrected chi connectivity index (χ4v) is 3.49. The quantitative estimate of drug-likeness (QED) is 0.811. The van der Waals surface area contributed by atoms with Crippen LogP contribution in [0, 0.1) is 0 Å². The normalized spacial score (nSPS) is 17.2. The molecular formula is C13H14BrClN2OS. The summed E-state index contributed by atoms with van der Waals surface area (Å²) in [6, 6.07) is 5.06. The molecule has 3 nitrogen and oxygen atoms in total. The van der Waals surface area contributed by atoms with E-state index in [-0.39, 0.29) is 5.91 Å². The number of thiocarbonyl (C=S) groups is 1. The van der Waals surface area contributed by atoms with E-state index in [4.69, 9.17) is 29.6 Å². The van der Waals surface area contributed by atoms with Crippen LogP contribution in [-0.2, 0) is 0 Å². The van der Waals surface area contributed by atoms with Crippen LogP contribution < -0.4 is 11.1 Å². The maximum Gasteiger partial charge on any atom is 0.253 e. The van der Waals surface area contributed by atoms with Gasteiger partial charge in [0.15, 0.2) is 0 Å². The van der Waals surface area contributed by atoms with Gasteiger partial charge in [-0.1, -0.05) is 36.7 Å². The zero-order chi connectivity index (χ0) is 14.0. The van der Waals surface area contributed by atoms with Crippen LogP contribution in [0.4, 0.5) is 0 Å². The second-order valence-corrected chi connectivity index (χ2v) is 6.46. The monoisotopic (exact) mass is 360 g/mol. The lowest BCUT2D eigenvalue weighted by Crippen LogP contribution is -2.54. The van der Waals surface area contributed by atoms with Crippen LogP contribution in [0.5, 0.6) is 0 Å². The summed E-state index contributed by atoms with van der Waals surface area (Å²) in [6.07, 6.45) is 3.66. The first-order valence-corrected chi connectivity index (χ1v) is 7.60. The van der Waals surface area contributed by atoms with E-state index in [0.717, 1.165) is 25.7 Å². The van der Waals surface area contributed by atoms with E-state index in [1.165, 1.54) is 0 Å². The fraction of sp³-hybridized carbons (Fsp3) is 0.385. The highest BCUT2D eigenvalue weighted by atomic mass is 79.9. The smallest absolute Gasteiger partial charge is 0.253 e. The van der Waals surface area contributed by atoms with E-state index < -0.39 is 5.54 Å². The summed E-state index contributed by atoms with van der Waals surface area (Å²) in [5.41, 5.74) is 5.80. The number of amides is 1. The molecule has 1 aliphatic rings. The Hall–Kier alpha value is -0.650. The Morgan fingerprint density at radius 2 is 2.05 bits per heavy atom. The SMILES string of the molecule is NC(=S)C1(NC(=O)c2ccc(Cl)cc2Br)CCCC1. The van der Waals surface area contributed by atoms with Crippen LogP contribution >= 0.6 is 39.7 Å². The van der Waals surface area contributed by atoms with Gasteiger partial charge in [0.05, 0.1) is 16.1 Å². The van der Waals surface area contributed by atoms with E-state index in [9.17, 15) is 4.79 Å². The van der Waals surface area contributed by atoms with E-state index in [1.54, 1.807) is 18.2 Å². The first kappa shape index (κ1) is 14.8. The van der Waals surface area contributed by atoms with Crippen molar-refractivity contribution in [2.75, 3.05) is 0 Å². The number of nitrogens with two attached hydrogens (primary N) is 1. The molecule has 1 amide bonds. The number of benzene rings is 1. The molecule has 0 unspecified atom stereocenters. The van der Waals surface area contributed by atoms with Gasteiger partial charge in [-0.05, 0) is 47.0 Å². The summed E-state index contributed by atoms with van der Waals surface area (Å²) in [4.78, 5) is 12.7. The van der Waals surface area contributed by atoms with Gasteiger partial charge in [-0.15, -0.1) is 0 Å². The Balaban J connectivity index is 2.22. The molecule has 1 aliphatic carbocycles. The van der Waals surface area contributed by atoms with E-state index in [0.29, 0.717) is 20.0 Å². The average Bonchev–Trinajstić information content (AvgIpc) is 2.78. The minimum Gasteiger partial charge on any atom is -0.391 e. The van der Waals surface area contributed by atoms with Crippen LogP contribution in [-0.4, -0.2) is 16.4 Å². The zero-order valence-electron chi connectivity index (χ0n) is 10.2. The summed E-state index contributed by atoms with van der Waals surface area (Å²) < 4.78 is 0.661. The molecule has 19 heavy (non-hydrogen) atoms. The zero-order valence-corrected chi connectivity index (χ0v) is 13.4. The number of carbonyl (C=O) groups excluding carboxylic acids is 1. The molecule has 0 aliphatic heterocycles. The van der Waals surface area contributed by atoms with Crippen LogP contribution in [0.2, 0.25) is 5.02 Å². The van der Waals surface area contributed by atoms with Crippen molar-refractivity contribution >= 4 is 50.6 Å². The van der Waals surface area contributed by atoms with Gasteiger partial charge in [0.25, 0.3) is 5.91 Å². The molecule has 0 spiro atoms. The molecule has 1 saturated carbocycles. The van der Waals surface area contributed by atoms with Crippen molar-refractivity contribution in [1.82, 2.24) is 5.32 Å². The van der Waals surface area contributed by atoms with Gasteiger partial charge in [0, 0.05) is 9.50 Å². The van der Waals surface area contributed by atoms with Crippen molar-refractivity contribution in [1.29, 1.82) is 0 Å². The minimum absolute atomic E-state index is 0.182. The minimum atomic E-state index is -0.536. The first-order valence-electron chi connectivity index (χ1n) is 6.02. The van der Waals surface area contributed by atoms with Crippen molar-refractivity contribution in [3.63, 3.8) is 0 Å². The van der Waals surface area contributed by atoms with Gasteiger partial charge < -0.3 is 11.1 Å². The highest BCUT2D eigenvalue weighted by Gasteiger charge is 2.38. The maximum atomic E-state index is 12.3. The second-order valence-electron chi connectivity index (χ2n) is 4.73. The van der Waals surface area contributed by atoms with Gasteiger partial charge >= 0.3 is 0 Å². The highest BCUT2D eigenvalue weighted by Crippen LogP contribution is 2.31. The largest absolute Gasteiger partial charge is 0.391 e. The van der Waals surface area contributed by atoms with E-state index in [2.05, 4.69) is 21.2 Å². The third-order valence-electron chi connectivity index (χ3n) is 3.46. The van der Waals surface area contributed by atoms with Crippen LogP contribution in [0.1, 0.15) is 36.0 Å². The fourth-order valence-electron chi connectivity index (χ4n) is 2.37. The molecule has 0 aromatic heterocycles. The van der Waals surface area contributed by atoms with Crippen LogP contribution in [0.3, 0.4) is 0 Å². The second kappa shape index (κ2) is 5.77. The Bertz CT molecular complexity index is 529. The molecule has 1 fully saturated rings. The molecule has 0 radical (unpaired) electrons. The Kier molecular flexibility index (Phi) is 4.48. The molecule has 6 heteroatoms. The third kappa shape index (κ3) is 3.09. The maximum absolute atomic E-state index is 12.3. The predicted octanol–water partition coefficient (Wildman–Crippen LogP) is 3.43. The average molecular weight is 362 g/mol. The standard InChI is InChI=1S/C13H14BrClN2OS/c14-10-7-8(15)3-4-9(10)11(18)17-13(12(16)19)5-1-2-6-13/h3-4,7H,1-2,5-6H2,(H2,16,19)(H,17,18). The number of nitrogens with one attached hydrogen (secondary N) is 1. The molecule has 2 rings (SSSR count). The summed E-state index contributed by atoms with van der Waals surface area (Å²) in [5, 5.41) is 3.57. The van der Waals surface area contributed by atoms with Gasteiger partial charge in [-0.25, -0.2) is 0 Å². The number of halogens is 2. The molecule has 0 bridgehead atoms. The molecule has 0 saturated heterocycles.